The third-order valence-corrected chi connectivity index (χ3v) is 2.83. The summed E-state index contributed by atoms with van der Waals surface area (Å²) in [5.41, 5.74) is 3.91. The average molecular weight is 246 g/mol. The quantitative estimate of drug-likeness (QED) is 0.852. The van der Waals surface area contributed by atoms with Crippen LogP contribution < -0.4 is 4.74 Å². The molecule has 18 heavy (non-hydrogen) atoms. The zero-order valence-corrected chi connectivity index (χ0v) is 10.7. The number of hydrogen-bond donors (Lipinski definition) is 2. The maximum absolute atomic E-state index is 9.41. The van der Waals surface area contributed by atoms with Crippen LogP contribution in [0.1, 0.15) is 24.6 Å². The Labute approximate surface area is 107 Å². The molecule has 0 bridgehead atoms. The molecule has 96 valence electrons. The number of nitrogens with zero attached hydrogens (tertiary/aromatic N) is 1. The molecule has 1 aromatic carbocycles. The molecule has 2 aromatic rings. The minimum atomic E-state index is -0.0240. The lowest BCUT2D eigenvalue weighted by molar-refractivity contribution is 0.263. The van der Waals surface area contributed by atoms with Gasteiger partial charge < -0.3 is 9.84 Å². The fourth-order valence-electron chi connectivity index (χ4n) is 1.87. The predicted molar refractivity (Wildman–Crippen MR) is 70.5 cm³/mol. The zero-order chi connectivity index (χ0) is 13.0. The minimum Gasteiger partial charge on any atom is -0.493 e. The minimum absolute atomic E-state index is 0.0240. The van der Waals surface area contributed by atoms with Crippen molar-refractivity contribution in [3.8, 4) is 16.9 Å². The van der Waals surface area contributed by atoms with Gasteiger partial charge in [-0.25, -0.2) is 0 Å². The summed E-state index contributed by atoms with van der Waals surface area (Å²) in [6.45, 7) is 4.67. The second kappa shape index (κ2) is 5.69. The zero-order valence-electron chi connectivity index (χ0n) is 10.7. The number of rotatable bonds is 5. The van der Waals surface area contributed by atoms with Crippen molar-refractivity contribution >= 4 is 0 Å². The molecule has 4 nitrogen and oxygen atoms in total. The smallest absolute Gasteiger partial charge is 0.124 e. The van der Waals surface area contributed by atoms with Gasteiger partial charge in [-0.15, -0.1) is 0 Å². The van der Waals surface area contributed by atoms with Crippen LogP contribution in [-0.4, -0.2) is 21.9 Å². The van der Waals surface area contributed by atoms with E-state index in [9.17, 15) is 5.11 Å². The van der Waals surface area contributed by atoms with E-state index in [-0.39, 0.29) is 6.61 Å². The van der Waals surface area contributed by atoms with Crippen molar-refractivity contribution in [1.82, 2.24) is 10.2 Å². The standard InChI is InChI=1S/C14H18N2O2/c1-3-6-18-14-5-4-11(7-12(14)9-17)13-8-15-16-10(13)2/h4-5,7-8,17H,3,6,9H2,1-2H3,(H,15,16). The number of ether oxygens (including phenoxy) is 1. The van der Waals surface area contributed by atoms with Crippen molar-refractivity contribution in [2.24, 2.45) is 0 Å². The van der Waals surface area contributed by atoms with Gasteiger partial charge in [0.05, 0.1) is 19.4 Å². The molecule has 1 aromatic heterocycles. The Morgan fingerprint density at radius 3 is 2.83 bits per heavy atom. The van der Waals surface area contributed by atoms with E-state index in [1.165, 1.54) is 0 Å². The van der Waals surface area contributed by atoms with Crippen LogP contribution in [0.15, 0.2) is 24.4 Å². The molecule has 0 aliphatic rings. The molecule has 0 amide bonds. The van der Waals surface area contributed by atoms with Gasteiger partial charge in [0, 0.05) is 16.8 Å². The fraction of sp³-hybridized carbons (Fsp3) is 0.357. The summed E-state index contributed by atoms with van der Waals surface area (Å²) in [5.74, 6) is 0.754. The number of nitrogens with one attached hydrogen (secondary N) is 1. The first-order chi connectivity index (χ1) is 8.76. The van der Waals surface area contributed by atoms with Crippen LogP contribution in [0, 0.1) is 6.92 Å². The number of aliphatic hydroxyl groups excluding tert-OH is 1. The Morgan fingerprint density at radius 1 is 1.39 bits per heavy atom. The highest BCUT2D eigenvalue weighted by Crippen LogP contribution is 2.28. The van der Waals surface area contributed by atoms with Gasteiger partial charge in [-0.3, -0.25) is 5.10 Å². The molecular weight excluding hydrogens is 228 g/mol. The molecule has 0 fully saturated rings. The van der Waals surface area contributed by atoms with Crippen molar-refractivity contribution in [2.75, 3.05) is 6.61 Å². The van der Waals surface area contributed by atoms with Gasteiger partial charge in [0.2, 0.25) is 0 Å². The van der Waals surface area contributed by atoms with Crippen molar-refractivity contribution in [3.05, 3.63) is 35.7 Å². The van der Waals surface area contributed by atoms with Gasteiger partial charge in [0.1, 0.15) is 5.75 Å². The van der Waals surface area contributed by atoms with Crippen LogP contribution in [0.4, 0.5) is 0 Å². The van der Waals surface area contributed by atoms with Gasteiger partial charge in [0.25, 0.3) is 0 Å². The van der Waals surface area contributed by atoms with E-state index < -0.39 is 0 Å². The van der Waals surface area contributed by atoms with Crippen LogP contribution in [0.5, 0.6) is 5.75 Å². The Hall–Kier alpha value is -1.81. The number of benzene rings is 1. The summed E-state index contributed by atoms with van der Waals surface area (Å²) in [6.07, 6.45) is 2.74. The lowest BCUT2D eigenvalue weighted by Crippen LogP contribution is -1.99. The van der Waals surface area contributed by atoms with Crippen LogP contribution in [-0.2, 0) is 6.61 Å². The fourth-order valence-corrected chi connectivity index (χ4v) is 1.87. The first-order valence-electron chi connectivity index (χ1n) is 6.13. The van der Waals surface area contributed by atoms with E-state index in [1.54, 1.807) is 6.20 Å². The van der Waals surface area contributed by atoms with Gasteiger partial charge in [-0.05, 0) is 31.0 Å². The van der Waals surface area contributed by atoms with E-state index >= 15 is 0 Å². The lowest BCUT2D eigenvalue weighted by Gasteiger charge is -2.11. The first-order valence-corrected chi connectivity index (χ1v) is 6.13. The number of aromatic amines is 1. The molecule has 0 atom stereocenters. The molecule has 0 spiro atoms. The van der Waals surface area contributed by atoms with Crippen molar-refractivity contribution in [2.45, 2.75) is 26.9 Å². The number of aliphatic hydroxyl groups is 1. The van der Waals surface area contributed by atoms with Gasteiger partial charge in [0.15, 0.2) is 0 Å². The van der Waals surface area contributed by atoms with Crippen LogP contribution >= 0.6 is 0 Å². The summed E-state index contributed by atoms with van der Waals surface area (Å²) in [6, 6.07) is 5.84. The monoisotopic (exact) mass is 246 g/mol. The highest BCUT2D eigenvalue weighted by molar-refractivity contribution is 5.67. The third-order valence-electron chi connectivity index (χ3n) is 2.83. The van der Waals surface area contributed by atoms with Gasteiger partial charge in [-0.1, -0.05) is 13.0 Å². The number of hydrogen-bond acceptors (Lipinski definition) is 3. The third kappa shape index (κ3) is 2.54. The number of aryl methyl sites for hydroxylation is 1. The van der Waals surface area contributed by atoms with E-state index in [1.807, 2.05) is 25.1 Å². The highest BCUT2D eigenvalue weighted by atomic mass is 16.5. The molecule has 0 aliphatic carbocycles. The summed E-state index contributed by atoms with van der Waals surface area (Å²) in [4.78, 5) is 0. The molecule has 1 heterocycles. The molecule has 2 rings (SSSR count). The Kier molecular flexibility index (Phi) is 3.99. The topological polar surface area (TPSA) is 58.1 Å². The summed E-state index contributed by atoms with van der Waals surface area (Å²) < 4.78 is 5.60. The second-order valence-corrected chi connectivity index (χ2v) is 4.24. The molecule has 0 unspecified atom stereocenters. The predicted octanol–water partition coefficient (Wildman–Crippen LogP) is 2.67. The molecule has 0 aliphatic heterocycles. The van der Waals surface area contributed by atoms with Crippen LogP contribution in [0.2, 0.25) is 0 Å². The normalized spacial score (nSPS) is 10.6. The van der Waals surface area contributed by atoms with Crippen LogP contribution in [0.3, 0.4) is 0 Å². The first kappa shape index (κ1) is 12.6. The van der Waals surface area contributed by atoms with Gasteiger partial charge in [-0.2, -0.15) is 5.10 Å². The highest BCUT2D eigenvalue weighted by Gasteiger charge is 2.08. The maximum Gasteiger partial charge on any atom is 0.124 e. The molecule has 2 N–H and O–H groups in total. The van der Waals surface area contributed by atoms with Crippen molar-refractivity contribution in [3.63, 3.8) is 0 Å². The van der Waals surface area contributed by atoms with Crippen LogP contribution in [0.25, 0.3) is 11.1 Å². The number of H-pyrrole nitrogens is 1. The molecule has 4 heteroatoms. The summed E-state index contributed by atoms with van der Waals surface area (Å²) >= 11 is 0. The summed E-state index contributed by atoms with van der Waals surface area (Å²) in [7, 11) is 0. The summed E-state index contributed by atoms with van der Waals surface area (Å²) in [5, 5.41) is 16.3. The van der Waals surface area contributed by atoms with E-state index in [0.717, 1.165) is 34.6 Å². The van der Waals surface area contributed by atoms with E-state index in [4.69, 9.17) is 4.74 Å². The van der Waals surface area contributed by atoms with Gasteiger partial charge >= 0.3 is 0 Å². The molecule has 0 saturated carbocycles. The second-order valence-electron chi connectivity index (χ2n) is 4.24. The Morgan fingerprint density at radius 2 is 2.22 bits per heavy atom. The Bertz CT molecular complexity index is 520. The number of aromatic nitrogens is 2. The molecule has 0 radical (unpaired) electrons. The average Bonchev–Trinajstić information content (AvgIpc) is 2.82. The Balaban J connectivity index is 2.33. The largest absolute Gasteiger partial charge is 0.493 e. The van der Waals surface area contributed by atoms with E-state index in [2.05, 4.69) is 17.1 Å². The molecular formula is C14H18N2O2. The van der Waals surface area contributed by atoms with E-state index in [0.29, 0.717) is 6.61 Å². The maximum atomic E-state index is 9.41. The van der Waals surface area contributed by atoms with Crippen molar-refractivity contribution < 1.29 is 9.84 Å². The van der Waals surface area contributed by atoms with Crippen molar-refractivity contribution in [1.29, 1.82) is 0 Å². The lowest BCUT2D eigenvalue weighted by atomic mass is 10.0. The molecule has 0 saturated heterocycles. The SMILES string of the molecule is CCCOc1ccc(-c2cn[nH]c2C)cc1CO.